The lowest BCUT2D eigenvalue weighted by atomic mass is 10.4. The average molecular weight is 328 g/mol. The lowest BCUT2D eigenvalue weighted by molar-refractivity contribution is 0.564. The molecule has 2 rings (SSSR count). The lowest BCUT2D eigenvalue weighted by Gasteiger charge is -2.07. The fraction of sp³-hybridized carbons (Fsp3) is 0.462. The van der Waals surface area contributed by atoms with Gasteiger partial charge in [0.25, 0.3) is 0 Å². The van der Waals surface area contributed by atoms with Crippen LogP contribution < -0.4 is 10.0 Å². The van der Waals surface area contributed by atoms with Crippen LogP contribution in [0.4, 0.5) is 0 Å². The minimum Gasteiger partial charge on any atom is -0.318 e. The van der Waals surface area contributed by atoms with Gasteiger partial charge in [0.15, 0.2) is 0 Å². The third-order valence-electron chi connectivity index (χ3n) is 3.17. The van der Waals surface area contributed by atoms with E-state index in [1.54, 1.807) is 18.5 Å². The lowest BCUT2D eigenvalue weighted by Crippen LogP contribution is -2.24. The summed E-state index contributed by atoms with van der Waals surface area (Å²) in [6.07, 6.45) is 0. The number of likely N-dealkylation sites (N-methyl/N-ethyl adjacent to an activating group) is 1. The Labute approximate surface area is 129 Å². The van der Waals surface area contributed by atoms with Crippen molar-refractivity contribution in [2.24, 2.45) is 0 Å². The Morgan fingerprint density at radius 1 is 1.38 bits per heavy atom. The monoisotopic (exact) mass is 328 g/mol. The van der Waals surface area contributed by atoms with Crippen LogP contribution in [0.5, 0.6) is 0 Å². The molecule has 0 unspecified atom stereocenters. The van der Waals surface area contributed by atoms with Gasteiger partial charge in [0.1, 0.15) is 4.90 Å². The molecule has 2 heterocycles. The maximum Gasteiger partial charge on any atom is 0.244 e. The van der Waals surface area contributed by atoms with Crippen LogP contribution in [0.1, 0.15) is 16.3 Å². The molecule has 2 aromatic rings. The van der Waals surface area contributed by atoms with E-state index in [4.69, 9.17) is 0 Å². The maximum atomic E-state index is 12.5. The molecule has 8 heteroatoms. The smallest absolute Gasteiger partial charge is 0.244 e. The molecule has 0 radical (unpaired) electrons. The van der Waals surface area contributed by atoms with Gasteiger partial charge in [-0.2, -0.15) is 5.10 Å². The van der Waals surface area contributed by atoms with Crippen LogP contribution in [0.3, 0.4) is 0 Å². The highest BCUT2D eigenvalue weighted by Gasteiger charge is 2.24. The van der Waals surface area contributed by atoms with E-state index in [1.807, 2.05) is 24.6 Å². The number of rotatable bonds is 7. The Kier molecular flexibility index (Phi) is 5.15. The van der Waals surface area contributed by atoms with Crippen molar-refractivity contribution in [2.45, 2.75) is 31.8 Å². The summed E-state index contributed by atoms with van der Waals surface area (Å²) in [7, 11) is -1.70. The molecular weight excluding hydrogens is 308 g/mol. The Hall–Kier alpha value is -1.22. The minimum absolute atomic E-state index is 0.287. The van der Waals surface area contributed by atoms with E-state index >= 15 is 0 Å². The van der Waals surface area contributed by atoms with Crippen molar-refractivity contribution in [3.8, 4) is 0 Å². The van der Waals surface area contributed by atoms with Gasteiger partial charge in [0.05, 0.1) is 17.9 Å². The summed E-state index contributed by atoms with van der Waals surface area (Å²) >= 11 is 1.53. The van der Waals surface area contributed by atoms with Gasteiger partial charge in [-0.1, -0.05) is 6.07 Å². The molecule has 2 N–H and O–H groups in total. The fourth-order valence-corrected chi connectivity index (χ4v) is 4.31. The predicted molar refractivity (Wildman–Crippen MR) is 84.0 cm³/mol. The molecule has 0 bridgehead atoms. The van der Waals surface area contributed by atoms with Gasteiger partial charge in [-0.25, -0.2) is 13.1 Å². The molecule has 0 atom stereocenters. The van der Waals surface area contributed by atoms with E-state index in [0.717, 1.165) is 11.4 Å². The summed E-state index contributed by atoms with van der Waals surface area (Å²) in [6, 6.07) is 3.81. The second-order valence-corrected chi connectivity index (χ2v) is 7.47. The van der Waals surface area contributed by atoms with Crippen molar-refractivity contribution in [3.63, 3.8) is 0 Å². The van der Waals surface area contributed by atoms with Crippen LogP contribution in [0, 0.1) is 13.8 Å². The number of hydrogen-bond acceptors (Lipinski definition) is 5. The first kappa shape index (κ1) is 16.2. The van der Waals surface area contributed by atoms with Crippen molar-refractivity contribution in [1.82, 2.24) is 19.8 Å². The third kappa shape index (κ3) is 3.70. The van der Waals surface area contributed by atoms with Crippen molar-refractivity contribution in [2.75, 3.05) is 13.6 Å². The minimum atomic E-state index is -3.55. The normalized spacial score (nSPS) is 12.0. The molecule has 0 saturated carbocycles. The predicted octanol–water partition coefficient (Wildman–Crippen LogP) is 1.26. The van der Waals surface area contributed by atoms with Gasteiger partial charge < -0.3 is 5.32 Å². The summed E-state index contributed by atoms with van der Waals surface area (Å²) in [5, 5.41) is 9.28. The summed E-state index contributed by atoms with van der Waals surface area (Å²) in [4.78, 5) is 1.27. The molecule has 0 fully saturated rings. The summed E-state index contributed by atoms with van der Waals surface area (Å²) < 4.78 is 29.3. The number of thiophene rings is 1. The van der Waals surface area contributed by atoms with Crippen LogP contribution in [-0.4, -0.2) is 31.8 Å². The molecule has 0 spiro atoms. The zero-order valence-corrected chi connectivity index (χ0v) is 14.0. The van der Waals surface area contributed by atoms with E-state index in [-0.39, 0.29) is 4.90 Å². The van der Waals surface area contributed by atoms with Crippen LogP contribution in [0.2, 0.25) is 0 Å². The van der Waals surface area contributed by atoms with Crippen LogP contribution in [-0.2, 0) is 23.1 Å². The molecule has 0 amide bonds. The highest BCUT2D eigenvalue weighted by molar-refractivity contribution is 7.89. The Bertz CT molecular complexity index is 690. The van der Waals surface area contributed by atoms with Crippen LogP contribution >= 0.6 is 11.3 Å². The first-order valence-corrected chi connectivity index (χ1v) is 9.02. The van der Waals surface area contributed by atoms with Crippen LogP contribution in [0.15, 0.2) is 22.4 Å². The first-order chi connectivity index (χ1) is 9.95. The van der Waals surface area contributed by atoms with Crippen molar-refractivity contribution >= 4 is 21.4 Å². The zero-order chi connectivity index (χ0) is 15.5. The SMILES string of the molecule is CNCCn1nc(C)c(S(=O)(=O)NCc2cccs2)c1C. The molecule has 0 aliphatic carbocycles. The van der Waals surface area contributed by atoms with E-state index in [2.05, 4.69) is 15.1 Å². The molecule has 0 aliphatic rings. The summed E-state index contributed by atoms with van der Waals surface area (Å²) in [5.74, 6) is 0. The summed E-state index contributed by atoms with van der Waals surface area (Å²) in [6.45, 7) is 5.20. The van der Waals surface area contributed by atoms with Crippen molar-refractivity contribution in [1.29, 1.82) is 0 Å². The first-order valence-electron chi connectivity index (χ1n) is 6.66. The van der Waals surface area contributed by atoms with Gasteiger partial charge in [0.2, 0.25) is 10.0 Å². The number of nitrogens with one attached hydrogen (secondary N) is 2. The van der Waals surface area contributed by atoms with Crippen LogP contribution in [0.25, 0.3) is 0 Å². The van der Waals surface area contributed by atoms with Gasteiger partial charge >= 0.3 is 0 Å². The number of aromatic nitrogens is 2. The van der Waals surface area contributed by atoms with Gasteiger partial charge in [-0.3, -0.25) is 4.68 Å². The standard InChI is InChI=1S/C13H20N4O2S2/c1-10-13(11(2)17(16-10)7-6-14-3)21(18,19)15-9-12-5-4-8-20-12/h4-5,8,14-15H,6-7,9H2,1-3H3. The Morgan fingerprint density at radius 3 is 2.76 bits per heavy atom. The maximum absolute atomic E-state index is 12.5. The zero-order valence-electron chi connectivity index (χ0n) is 12.4. The highest BCUT2D eigenvalue weighted by atomic mass is 32.2. The summed E-state index contributed by atoms with van der Waals surface area (Å²) in [5.41, 5.74) is 1.20. The van der Waals surface area contributed by atoms with E-state index in [0.29, 0.717) is 24.5 Å². The molecule has 2 aromatic heterocycles. The molecule has 116 valence electrons. The van der Waals surface area contributed by atoms with Gasteiger partial charge in [-0.05, 0) is 32.3 Å². The second kappa shape index (κ2) is 6.69. The highest BCUT2D eigenvalue weighted by Crippen LogP contribution is 2.20. The number of aryl methyl sites for hydroxylation is 1. The third-order valence-corrected chi connectivity index (χ3v) is 5.70. The van der Waals surface area contributed by atoms with E-state index < -0.39 is 10.0 Å². The van der Waals surface area contributed by atoms with Gasteiger partial charge in [-0.15, -0.1) is 11.3 Å². The number of hydrogen-bond donors (Lipinski definition) is 2. The van der Waals surface area contributed by atoms with E-state index in [9.17, 15) is 8.42 Å². The average Bonchev–Trinajstić information content (AvgIpc) is 3.03. The van der Waals surface area contributed by atoms with Crippen molar-refractivity contribution < 1.29 is 8.42 Å². The van der Waals surface area contributed by atoms with Gasteiger partial charge in [0, 0.05) is 18.0 Å². The number of nitrogens with zero attached hydrogens (tertiary/aromatic N) is 2. The fourth-order valence-electron chi connectivity index (χ4n) is 2.16. The number of sulfonamides is 1. The Morgan fingerprint density at radius 2 is 2.14 bits per heavy atom. The molecule has 6 nitrogen and oxygen atoms in total. The molecule has 0 aliphatic heterocycles. The molecule has 0 saturated heterocycles. The molecule has 0 aromatic carbocycles. The molecular formula is C13H20N4O2S2. The topological polar surface area (TPSA) is 76.0 Å². The van der Waals surface area contributed by atoms with E-state index in [1.165, 1.54) is 11.3 Å². The largest absolute Gasteiger partial charge is 0.318 e. The van der Waals surface area contributed by atoms with Crippen molar-refractivity contribution in [3.05, 3.63) is 33.8 Å². The second-order valence-electron chi connectivity index (χ2n) is 4.73. The quantitative estimate of drug-likeness (QED) is 0.802. The molecule has 21 heavy (non-hydrogen) atoms. The Balaban J connectivity index is 2.21.